The number of ether oxygens (including phenoxy) is 3. The molecular formula is C25H25NO5. The number of rotatable bonds is 9. The van der Waals surface area contributed by atoms with Gasteiger partial charge in [-0.3, -0.25) is 4.79 Å². The van der Waals surface area contributed by atoms with E-state index in [0.29, 0.717) is 41.5 Å². The number of hydrogen-bond acceptors (Lipinski definition) is 5. The Morgan fingerprint density at radius 2 is 1.52 bits per heavy atom. The minimum atomic E-state index is -0.899. The van der Waals surface area contributed by atoms with Gasteiger partial charge in [-0.1, -0.05) is 42.5 Å². The van der Waals surface area contributed by atoms with Gasteiger partial charge in [0.2, 0.25) is 6.10 Å². The summed E-state index contributed by atoms with van der Waals surface area (Å²) in [5.41, 5.74) is 1.68. The molecule has 3 aromatic rings. The van der Waals surface area contributed by atoms with Crippen LogP contribution < -0.4 is 14.8 Å². The molecule has 3 aromatic carbocycles. The van der Waals surface area contributed by atoms with E-state index in [1.54, 1.807) is 43.3 Å². The molecule has 0 aromatic heterocycles. The zero-order valence-corrected chi connectivity index (χ0v) is 17.5. The highest BCUT2D eigenvalue weighted by Crippen LogP contribution is 2.28. The maximum Gasteiger partial charge on any atom is 0.338 e. The number of carbonyl (C=O) groups excluding carboxylic acids is 2. The molecule has 160 valence electrons. The van der Waals surface area contributed by atoms with Crippen LogP contribution in [-0.2, 0) is 9.53 Å². The lowest BCUT2D eigenvalue weighted by Crippen LogP contribution is -2.26. The van der Waals surface area contributed by atoms with Crippen LogP contribution in [0.3, 0.4) is 0 Å². The van der Waals surface area contributed by atoms with Crippen molar-refractivity contribution < 1.29 is 23.8 Å². The Labute approximate surface area is 181 Å². The van der Waals surface area contributed by atoms with Crippen molar-refractivity contribution in [2.45, 2.75) is 20.0 Å². The van der Waals surface area contributed by atoms with Gasteiger partial charge in [-0.05, 0) is 50.2 Å². The van der Waals surface area contributed by atoms with E-state index in [4.69, 9.17) is 14.2 Å². The maximum atomic E-state index is 13.2. The normalized spacial score (nSPS) is 11.3. The fraction of sp³-hybridized carbons (Fsp3) is 0.200. The molecular weight excluding hydrogens is 394 g/mol. The molecule has 0 saturated carbocycles. The Bertz CT molecular complexity index is 1000. The first-order valence-electron chi connectivity index (χ1n) is 10.1. The summed E-state index contributed by atoms with van der Waals surface area (Å²) in [7, 11) is 0. The van der Waals surface area contributed by atoms with Crippen molar-refractivity contribution in [2.75, 3.05) is 18.5 Å². The van der Waals surface area contributed by atoms with Crippen LogP contribution >= 0.6 is 0 Å². The van der Waals surface area contributed by atoms with E-state index < -0.39 is 12.1 Å². The van der Waals surface area contributed by atoms with Crippen molar-refractivity contribution in [3.8, 4) is 11.5 Å². The lowest BCUT2D eigenvalue weighted by Gasteiger charge is -2.20. The molecule has 0 saturated heterocycles. The van der Waals surface area contributed by atoms with Crippen molar-refractivity contribution >= 4 is 17.6 Å². The van der Waals surface area contributed by atoms with E-state index >= 15 is 0 Å². The number of hydrogen-bond donors (Lipinski definition) is 1. The van der Waals surface area contributed by atoms with Crippen molar-refractivity contribution in [1.29, 1.82) is 0 Å². The highest BCUT2D eigenvalue weighted by Gasteiger charge is 2.24. The fourth-order valence-electron chi connectivity index (χ4n) is 2.97. The summed E-state index contributed by atoms with van der Waals surface area (Å²) >= 11 is 0. The maximum absolute atomic E-state index is 13.2. The van der Waals surface area contributed by atoms with Gasteiger partial charge in [0, 0.05) is 5.56 Å². The Kier molecular flexibility index (Phi) is 7.65. The minimum Gasteiger partial charge on any atom is -0.492 e. The average Bonchev–Trinajstić information content (AvgIpc) is 2.80. The summed E-state index contributed by atoms with van der Waals surface area (Å²) in [6.07, 6.45) is -0.899. The Hall–Kier alpha value is -3.80. The second kappa shape index (κ2) is 10.8. The second-order valence-corrected chi connectivity index (χ2v) is 6.57. The topological polar surface area (TPSA) is 73.9 Å². The SMILES string of the molecule is CCOC(=O)c1ccc(OC(C(=O)Nc2ccccc2OCC)c2ccccc2)cc1. The molecule has 0 aliphatic heterocycles. The van der Waals surface area contributed by atoms with Crippen molar-refractivity contribution in [1.82, 2.24) is 0 Å². The lowest BCUT2D eigenvalue weighted by atomic mass is 10.1. The molecule has 0 radical (unpaired) electrons. The average molecular weight is 419 g/mol. The molecule has 1 atom stereocenters. The second-order valence-electron chi connectivity index (χ2n) is 6.57. The van der Waals surface area contributed by atoms with E-state index in [2.05, 4.69) is 5.32 Å². The summed E-state index contributed by atoms with van der Waals surface area (Å²) in [5.74, 6) is 0.297. The van der Waals surface area contributed by atoms with Crippen LogP contribution in [0.1, 0.15) is 35.9 Å². The van der Waals surface area contributed by atoms with Gasteiger partial charge in [0.25, 0.3) is 5.91 Å². The standard InChI is InChI=1S/C25H25NO5/c1-3-29-22-13-9-8-12-21(22)26-24(27)23(18-10-6-5-7-11-18)31-20-16-14-19(15-17-20)25(28)30-4-2/h5-17,23H,3-4H2,1-2H3,(H,26,27). The summed E-state index contributed by atoms with van der Waals surface area (Å²) in [6.45, 7) is 4.42. The predicted molar refractivity (Wildman–Crippen MR) is 118 cm³/mol. The van der Waals surface area contributed by atoms with E-state index in [1.807, 2.05) is 49.4 Å². The van der Waals surface area contributed by atoms with Gasteiger partial charge in [-0.25, -0.2) is 4.79 Å². The number of para-hydroxylation sites is 2. The van der Waals surface area contributed by atoms with Crippen LogP contribution in [-0.4, -0.2) is 25.1 Å². The van der Waals surface area contributed by atoms with Crippen molar-refractivity contribution in [3.05, 3.63) is 90.0 Å². The Morgan fingerprint density at radius 1 is 0.839 bits per heavy atom. The van der Waals surface area contributed by atoms with Gasteiger partial charge in [0.1, 0.15) is 11.5 Å². The zero-order chi connectivity index (χ0) is 22.1. The van der Waals surface area contributed by atoms with E-state index in [0.717, 1.165) is 0 Å². The highest BCUT2D eigenvalue weighted by molar-refractivity contribution is 5.96. The first-order valence-corrected chi connectivity index (χ1v) is 10.1. The molecule has 1 N–H and O–H groups in total. The van der Waals surface area contributed by atoms with Crippen molar-refractivity contribution in [3.63, 3.8) is 0 Å². The van der Waals surface area contributed by atoms with E-state index in [-0.39, 0.29) is 5.91 Å². The number of anilines is 1. The van der Waals surface area contributed by atoms with Crippen LogP contribution in [0, 0.1) is 0 Å². The molecule has 0 aliphatic carbocycles. The van der Waals surface area contributed by atoms with Crippen molar-refractivity contribution in [2.24, 2.45) is 0 Å². The van der Waals surface area contributed by atoms with Gasteiger partial charge >= 0.3 is 5.97 Å². The molecule has 0 fully saturated rings. The Morgan fingerprint density at radius 3 is 2.19 bits per heavy atom. The smallest absolute Gasteiger partial charge is 0.338 e. The van der Waals surface area contributed by atoms with Crippen LogP contribution in [0.4, 0.5) is 5.69 Å². The monoisotopic (exact) mass is 419 g/mol. The molecule has 6 heteroatoms. The number of esters is 1. The molecule has 1 unspecified atom stereocenters. The molecule has 1 amide bonds. The van der Waals surface area contributed by atoms with Gasteiger partial charge in [-0.15, -0.1) is 0 Å². The van der Waals surface area contributed by atoms with E-state index in [1.165, 1.54) is 0 Å². The Balaban J connectivity index is 1.82. The van der Waals surface area contributed by atoms with E-state index in [9.17, 15) is 9.59 Å². The number of nitrogens with one attached hydrogen (secondary N) is 1. The van der Waals surface area contributed by atoms with Crippen LogP contribution in [0.5, 0.6) is 11.5 Å². The summed E-state index contributed by atoms with van der Waals surface area (Å²) in [5, 5.41) is 2.90. The van der Waals surface area contributed by atoms with Crippen LogP contribution in [0.15, 0.2) is 78.9 Å². The fourth-order valence-corrected chi connectivity index (χ4v) is 2.97. The molecule has 0 heterocycles. The van der Waals surface area contributed by atoms with Gasteiger partial charge in [-0.2, -0.15) is 0 Å². The molecule has 0 spiro atoms. The predicted octanol–water partition coefficient (Wildman–Crippen LogP) is 5.02. The minimum absolute atomic E-state index is 0.302. The van der Waals surface area contributed by atoms with Crippen LogP contribution in [0.2, 0.25) is 0 Å². The molecule has 0 aliphatic rings. The summed E-state index contributed by atoms with van der Waals surface area (Å²) in [6, 6.07) is 23.0. The van der Waals surface area contributed by atoms with Gasteiger partial charge < -0.3 is 19.5 Å². The third-order valence-corrected chi connectivity index (χ3v) is 4.40. The zero-order valence-electron chi connectivity index (χ0n) is 17.5. The highest BCUT2D eigenvalue weighted by atomic mass is 16.5. The third kappa shape index (κ3) is 5.85. The third-order valence-electron chi connectivity index (χ3n) is 4.40. The molecule has 6 nitrogen and oxygen atoms in total. The first kappa shape index (κ1) is 21.9. The number of benzene rings is 3. The van der Waals surface area contributed by atoms with Gasteiger partial charge in [0.15, 0.2) is 0 Å². The van der Waals surface area contributed by atoms with Gasteiger partial charge in [0.05, 0.1) is 24.5 Å². The molecule has 3 rings (SSSR count). The lowest BCUT2D eigenvalue weighted by molar-refractivity contribution is -0.123. The first-order chi connectivity index (χ1) is 15.1. The number of carbonyl (C=O) groups is 2. The molecule has 0 bridgehead atoms. The number of amides is 1. The largest absolute Gasteiger partial charge is 0.492 e. The summed E-state index contributed by atoms with van der Waals surface area (Å²) in [4.78, 5) is 25.0. The van der Waals surface area contributed by atoms with Crippen LogP contribution in [0.25, 0.3) is 0 Å². The quantitative estimate of drug-likeness (QED) is 0.493. The molecule has 31 heavy (non-hydrogen) atoms. The summed E-state index contributed by atoms with van der Waals surface area (Å²) < 4.78 is 16.6.